The normalized spacial score (nSPS) is 17.4. The van der Waals surface area contributed by atoms with Crippen molar-refractivity contribution >= 4 is 23.0 Å². The van der Waals surface area contributed by atoms with E-state index in [1.807, 2.05) is 0 Å². The van der Waals surface area contributed by atoms with E-state index in [0.29, 0.717) is 6.04 Å². The zero-order valence-corrected chi connectivity index (χ0v) is 16.3. The number of nitrogens with zero attached hydrogens (tertiary/aromatic N) is 1. The topological polar surface area (TPSA) is 19.7 Å². The van der Waals surface area contributed by atoms with Gasteiger partial charge in [0, 0.05) is 31.6 Å². The van der Waals surface area contributed by atoms with Crippen LogP contribution in [0.2, 0.25) is 0 Å². The summed E-state index contributed by atoms with van der Waals surface area (Å²) in [7, 11) is 2.32. The van der Waals surface area contributed by atoms with Gasteiger partial charge in [0.05, 0.1) is 19.1 Å². The van der Waals surface area contributed by atoms with Crippen molar-refractivity contribution in [2.75, 3.05) is 25.5 Å². The lowest BCUT2D eigenvalue weighted by molar-refractivity contribution is -0.928. The maximum absolute atomic E-state index is 5.67. The molecule has 0 radical (unpaired) electrons. The van der Waals surface area contributed by atoms with Crippen molar-refractivity contribution in [2.24, 2.45) is 0 Å². The lowest BCUT2D eigenvalue weighted by atomic mass is 10.0. The fourth-order valence-electron chi connectivity index (χ4n) is 3.57. The molecule has 1 aliphatic rings. The molecular weight excluding hydrogens is 302 g/mol. The number of anilines is 1. The zero-order chi connectivity index (χ0) is 17.1. The quantitative estimate of drug-likeness (QED) is 0.829. The first-order valence-electron chi connectivity index (χ1n) is 8.76. The molecule has 1 fully saturated rings. The van der Waals surface area contributed by atoms with Gasteiger partial charge in [-0.25, -0.2) is 0 Å². The largest absolute Gasteiger partial charge is 0.349 e. The Kier molecular flexibility index (Phi) is 6.04. The molecule has 2 rings (SSSR count). The number of likely N-dealkylation sites (tertiary alicyclic amines) is 1. The van der Waals surface area contributed by atoms with E-state index in [4.69, 9.17) is 12.2 Å². The highest BCUT2D eigenvalue weighted by Gasteiger charge is 2.27. The molecule has 1 atom stereocenters. The monoisotopic (exact) mass is 334 g/mol. The number of piperidine rings is 1. The number of benzene rings is 1. The Bertz CT molecular complexity index is 537. The van der Waals surface area contributed by atoms with Crippen molar-refractivity contribution in [3.8, 4) is 0 Å². The van der Waals surface area contributed by atoms with E-state index in [0.717, 1.165) is 24.2 Å². The number of hydrogen-bond acceptors (Lipinski definition) is 1. The van der Waals surface area contributed by atoms with E-state index < -0.39 is 0 Å². The van der Waals surface area contributed by atoms with Crippen molar-refractivity contribution in [1.82, 2.24) is 4.90 Å². The Labute approximate surface area is 147 Å². The van der Waals surface area contributed by atoms with E-state index in [9.17, 15) is 0 Å². The minimum absolute atomic E-state index is 0.689. The summed E-state index contributed by atoms with van der Waals surface area (Å²) in [6.07, 6.45) is 2.44. The molecule has 23 heavy (non-hydrogen) atoms. The van der Waals surface area contributed by atoms with Crippen LogP contribution in [-0.4, -0.2) is 42.2 Å². The third-order valence-electron chi connectivity index (χ3n) is 5.25. The van der Waals surface area contributed by atoms with Crippen LogP contribution in [0.25, 0.3) is 0 Å². The first kappa shape index (κ1) is 18.2. The van der Waals surface area contributed by atoms with Gasteiger partial charge in [0.15, 0.2) is 5.11 Å². The molecule has 3 nitrogen and oxygen atoms in total. The molecule has 1 heterocycles. The summed E-state index contributed by atoms with van der Waals surface area (Å²) in [4.78, 5) is 3.98. The Hall–Kier alpha value is -1.13. The van der Waals surface area contributed by atoms with Gasteiger partial charge in [-0.05, 0) is 58.0 Å². The molecule has 1 aliphatic heterocycles. The van der Waals surface area contributed by atoms with Crippen molar-refractivity contribution in [3.63, 3.8) is 0 Å². The summed E-state index contributed by atoms with van der Waals surface area (Å²) in [5.74, 6) is 0. The molecule has 2 N–H and O–H groups in total. The van der Waals surface area contributed by atoms with Crippen molar-refractivity contribution in [3.05, 3.63) is 28.8 Å². The van der Waals surface area contributed by atoms with Gasteiger partial charge in [0.25, 0.3) is 0 Å². The summed E-state index contributed by atoms with van der Waals surface area (Å²) in [5, 5.41) is 4.37. The molecule has 0 aliphatic carbocycles. The van der Waals surface area contributed by atoms with E-state index in [2.05, 4.69) is 64.0 Å². The van der Waals surface area contributed by atoms with Crippen LogP contribution >= 0.6 is 12.2 Å². The Morgan fingerprint density at radius 2 is 1.70 bits per heavy atom. The molecule has 1 unspecified atom stereocenters. The van der Waals surface area contributed by atoms with Crippen LogP contribution in [-0.2, 0) is 0 Å². The number of nitrogens with one attached hydrogen (secondary N) is 2. The van der Waals surface area contributed by atoms with Crippen LogP contribution in [0.1, 0.15) is 43.4 Å². The summed E-state index contributed by atoms with van der Waals surface area (Å²) in [6, 6.07) is 5.88. The third-order valence-corrected chi connectivity index (χ3v) is 5.61. The van der Waals surface area contributed by atoms with Gasteiger partial charge in [0.2, 0.25) is 0 Å². The molecule has 0 spiro atoms. The van der Waals surface area contributed by atoms with Crippen molar-refractivity contribution < 1.29 is 4.90 Å². The van der Waals surface area contributed by atoms with Gasteiger partial charge < -0.3 is 15.1 Å². The van der Waals surface area contributed by atoms with Gasteiger partial charge in [0.1, 0.15) is 0 Å². The number of aryl methyl sites for hydroxylation is 3. The average Bonchev–Trinajstić information content (AvgIpc) is 2.50. The lowest BCUT2D eigenvalue weighted by Gasteiger charge is -2.37. The minimum atomic E-state index is 0.689. The van der Waals surface area contributed by atoms with E-state index in [1.54, 1.807) is 4.90 Å². The van der Waals surface area contributed by atoms with Crippen LogP contribution in [0, 0.1) is 20.8 Å². The predicted molar refractivity (Wildman–Crippen MR) is 103 cm³/mol. The highest BCUT2D eigenvalue weighted by Crippen LogP contribution is 2.23. The number of rotatable bonds is 3. The van der Waals surface area contributed by atoms with Crippen LogP contribution in [0.15, 0.2) is 12.1 Å². The average molecular weight is 335 g/mol. The second-order valence-electron chi connectivity index (χ2n) is 7.36. The smallest absolute Gasteiger partial charge is 0.173 e. The van der Waals surface area contributed by atoms with Gasteiger partial charge in [-0.15, -0.1) is 0 Å². The second kappa shape index (κ2) is 7.63. The van der Waals surface area contributed by atoms with Gasteiger partial charge in [-0.2, -0.15) is 0 Å². The second-order valence-corrected chi connectivity index (χ2v) is 7.75. The van der Waals surface area contributed by atoms with Crippen LogP contribution in [0.3, 0.4) is 0 Å². The lowest BCUT2D eigenvalue weighted by Crippen LogP contribution is -3.16. The van der Waals surface area contributed by atoms with Gasteiger partial charge in [-0.3, -0.25) is 0 Å². The number of quaternary nitrogens is 1. The standard InChI is InChI=1S/C19H31N3S/c1-13(2)21(6)17-7-9-22(10-8-17)19(23)20-18-15(4)11-14(3)12-16(18)5/h11-13,17H,7-10H2,1-6H3,(H,20,23)/p+1. The van der Waals surface area contributed by atoms with Gasteiger partial charge >= 0.3 is 0 Å². The summed E-state index contributed by atoms with van der Waals surface area (Å²) >= 11 is 5.67. The SMILES string of the molecule is Cc1cc(C)c(NC(=S)N2CCC([NH+](C)C(C)C)CC2)c(C)c1. The molecule has 1 saturated heterocycles. The Morgan fingerprint density at radius 1 is 1.17 bits per heavy atom. The number of hydrogen-bond donors (Lipinski definition) is 2. The molecular formula is C19H32N3S+. The molecule has 1 aromatic carbocycles. The third kappa shape index (κ3) is 4.45. The molecule has 0 bridgehead atoms. The molecule has 0 aromatic heterocycles. The maximum Gasteiger partial charge on any atom is 0.173 e. The molecule has 128 valence electrons. The molecule has 0 saturated carbocycles. The van der Waals surface area contributed by atoms with Crippen LogP contribution in [0.4, 0.5) is 5.69 Å². The minimum Gasteiger partial charge on any atom is -0.349 e. The predicted octanol–water partition coefficient (Wildman–Crippen LogP) is 2.70. The highest BCUT2D eigenvalue weighted by molar-refractivity contribution is 7.80. The first-order valence-corrected chi connectivity index (χ1v) is 9.17. The molecule has 4 heteroatoms. The maximum atomic E-state index is 5.67. The van der Waals surface area contributed by atoms with E-state index in [1.165, 1.54) is 35.2 Å². The first-order chi connectivity index (χ1) is 10.8. The van der Waals surface area contributed by atoms with Crippen LogP contribution < -0.4 is 10.2 Å². The fraction of sp³-hybridized carbons (Fsp3) is 0.632. The van der Waals surface area contributed by atoms with E-state index >= 15 is 0 Å². The summed E-state index contributed by atoms with van der Waals surface area (Å²) < 4.78 is 0. The van der Waals surface area contributed by atoms with Gasteiger partial charge in [-0.1, -0.05) is 17.7 Å². The Morgan fingerprint density at radius 3 is 2.17 bits per heavy atom. The summed E-state index contributed by atoms with van der Waals surface area (Å²) in [5.41, 5.74) is 5.01. The summed E-state index contributed by atoms with van der Waals surface area (Å²) in [6.45, 7) is 13.2. The Balaban J connectivity index is 1.96. The van der Waals surface area contributed by atoms with Crippen molar-refractivity contribution in [1.29, 1.82) is 0 Å². The number of thiocarbonyl (C=S) groups is 1. The molecule has 0 amide bonds. The van der Waals surface area contributed by atoms with Crippen LogP contribution in [0.5, 0.6) is 0 Å². The molecule has 1 aromatic rings. The zero-order valence-electron chi connectivity index (χ0n) is 15.5. The van der Waals surface area contributed by atoms with Crippen molar-refractivity contribution in [2.45, 2.75) is 59.5 Å². The highest BCUT2D eigenvalue weighted by atomic mass is 32.1. The fourth-order valence-corrected chi connectivity index (χ4v) is 3.86. The van der Waals surface area contributed by atoms with E-state index in [-0.39, 0.29) is 0 Å².